The van der Waals surface area contributed by atoms with Crippen molar-refractivity contribution in [3.63, 3.8) is 0 Å². The molecule has 3 heterocycles. The van der Waals surface area contributed by atoms with Crippen molar-refractivity contribution in [3.05, 3.63) is 65.4 Å². The highest BCUT2D eigenvalue weighted by Gasteiger charge is 2.43. The lowest BCUT2D eigenvalue weighted by atomic mass is 9.67. The molecule has 2 saturated carbocycles. The summed E-state index contributed by atoms with van der Waals surface area (Å²) in [6, 6.07) is 10.0. The van der Waals surface area contributed by atoms with E-state index in [1.165, 1.54) is 18.4 Å². The maximum Gasteiger partial charge on any atom is 0.259 e. The van der Waals surface area contributed by atoms with Crippen molar-refractivity contribution in [1.82, 2.24) is 19.7 Å². The smallest absolute Gasteiger partial charge is 0.259 e. The van der Waals surface area contributed by atoms with Gasteiger partial charge in [-0.3, -0.25) is 9.78 Å². The third kappa shape index (κ3) is 4.44. The fourth-order valence-corrected chi connectivity index (χ4v) is 4.91. The number of carbonyl (C=O) groups excluding carboxylic acids is 1. The number of rotatable bonds is 6. The van der Waals surface area contributed by atoms with Crippen LogP contribution in [0.4, 0.5) is 5.69 Å². The van der Waals surface area contributed by atoms with Crippen molar-refractivity contribution in [2.45, 2.75) is 75.7 Å². The van der Waals surface area contributed by atoms with E-state index in [1.54, 1.807) is 29.2 Å². The van der Waals surface area contributed by atoms with E-state index < -0.39 is 11.0 Å². The van der Waals surface area contributed by atoms with Crippen LogP contribution in [0, 0.1) is 18.3 Å². The summed E-state index contributed by atoms with van der Waals surface area (Å²) in [6.45, 7) is 3.82. The molecule has 0 aliphatic heterocycles. The second-order valence-corrected chi connectivity index (χ2v) is 9.94. The standard InChI is InChI=1S/C27H30N6O2/c1-3-27(35)12-10-26(17-28,11-13-27)23-8-7-21(15-29-23)32-25(34)22-16-31-33(18(22)2)24-9-6-20(14-30-24)19-4-5-19/h6-9,14-16,19,35H,3-5,10-13H2,1-2H3,(H,32,34)/t26-,27-. The van der Waals surface area contributed by atoms with Crippen molar-refractivity contribution in [2.75, 3.05) is 5.32 Å². The Bertz CT molecular complexity index is 1260. The molecule has 2 fully saturated rings. The van der Waals surface area contributed by atoms with Gasteiger partial charge in [0.25, 0.3) is 5.91 Å². The number of carbonyl (C=O) groups is 1. The second kappa shape index (κ2) is 8.90. The number of pyridine rings is 2. The maximum atomic E-state index is 12.9. The molecular weight excluding hydrogens is 440 g/mol. The lowest BCUT2D eigenvalue weighted by Gasteiger charge is -2.39. The van der Waals surface area contributed by atoms with Gasteiger partial charge in [0.05, 0.1) is 52.1 Å². The van der Waals surface area contributed by atoms with Crippen LogP contribution in [0.15, 0.2) is 42.9 Å². The van der Waals surface area contributed by atoms with Gasteiger partial charge in [-0.1, -0.05) is 13.0 Å². The van der Waals surface area contributed by atoms with Crippen LogP contribution in [-0.4, -0.2) is 36.4 Å². The summed E-state index contributed by atoms with van der Waals surface area (Å²) >= 11 is 0. The van der Waals surface area contributed by atoms with Crippen LogP contribution in [0.5, 0.6) is 0 Å². The molecule has 8 nitrogen and oxygen atoms in total. The van der Waals surface area contributed by atoms with Crippen LogP contribution in [-0.2, 0) is 5.41 Å². The highest BCUT2D eigenvalue weighted by atomic mass is 16.3. The summed E-state index contributed by atoms with van der Waals surface area (Å²) in [5.41, 5.74) is 2.25. The highest BCUT2D eigenvalue weighted by Crippen LogP contribution is 2.43. The Labute approximate surface area is 205 Å². The summed E-state index contributed by atoms with van der Waals surface area (Å²) in [5, 5.41) is 27.7. The summed E-state index contributed by atoms with van der Waals surface area (Å²) in [7, 11) is 0. The first-order valence-electron chi connectivity index (χ1n) is 12.3. The van der Waals surface area contributed by atoms with Gasteiger partial charge in [0, 0.05) is 6.20 Å². The minimum Gasteiger partial charge on any atom is -0.390 e. The molecule has 2 N–H and O–H groups in total. The van der Waals surface area contributed by atoms with E-state index in [0.717, 1.165) is 0 Å². The normalized spacial score (nSPS) is 24.1. The van der Waals surface area contributed by atoms with Crippen molar-refractivity contribution in [1.29, 1.82) is 5.26 Å². The Morgan fingerprint density at radius 3 is 2.49 bits per heavy atom. The summed E-state index contributed by atoms with van der Waals surface area (Å²) in [4.78, 5) is 22.0. The van der Waals surface area contributed by atoms with E-state index >= 15 is 0 Å². The number of amides is 1. The Hall–Kier alpha value is -3.57. The average molecular weight is 471 g/mol. The Balaban J connectivity index is 1.28. The van der Waals surface area contributed by atoms with E-state index in [1.807, 2.05) is 26.1 Å². The number of aromatic nitrogens is 4. The topological polar surface area (TPSA) is 117 Å². The number of anilines is 1. The van der Waals surface area contributed by atoms with Gasteiger partial charge in [0.1, 0.15) is 0 Å². The van der Waals surface area contributed by atoms with Crippen molar-refractivity contribution in [2.24, 2.45) is 0 Å². The fourth-order valence-electron chi connectivity index (χ4n) is 4.91. The number of nitrogens with one attached hydrogen (secondary N) is 1. The van der Waals surface area contributed by atoms with Gasteiger partial charge >= 0.3 is 0 Å². The Morgan fingerprint density at radius 1 is 1.14 bits per heavy atom. The molecule has 0 bridgehead atoms. The maximum absolute atomic E-state index is 12.9. The Morgan fingerprint density at radius 2 is 1.91 bits per heavy atom. The van der Waals surface area contributed by atoms with Gasteiger partial charge in [-0.05, 0) is 81.5 Å². The molecule has 0 saturated heterocycles. The van der Waals surface area contributed by atoms with Crippen LogP contribution in [0.25, 0.3) is 5.82 Å². The molecular formula is C27H30N6O2. The predicted molar refractivity (Wildman–Crippen MR) is 131 cm³/mol. The lowest BCUT2D eigenvalue weighted by Crippen LogP contribution is -2.40. The average Bonchev–Trinajstić information content (AvgIpc) is 3.67. The number of nitrogens with zero attached hydrogens (tertiary/aromatic N) is 5. The lowest BCUT2D eigenvalue weighted by molar-refractivity contribution is -0.0124. The van der Waals surface area contributed by atoms with Gasteiger partial charge in [-0.15, -0.1) is 0 Å². The van der Waals surface area contributed by atoms with E-state index in [4.69, 9.17) is 0 Å². The number of nitriles is 1. The minimum absolute atomic E-state index is 0.279. The molecule has 2 aliphatic rings. The molecule has 5 rings (SSSR count). The van der Waals surface area contributed by atoms with E-state index in [0.29, 0.717) is 66.5 Å². The zero-order chi connectivity index (χ0) is 24.6. The molecule has 3 aromatic rings. The molecule has 3 aromatic heterocycles. The third-order valence-electron chi connectivity index (χ3n) is 7.71. The number of hydrogen-bond donors (Lipinski definition) is 2. The van der Waals surface area contributed by atoms with Gasteiger partial charge < -0.3 is 10.4 Å². The first-order chi connectivity index (χ1) is 16.9. The first kappa shape index (κ1) is 23.2. The number of hydrogen-bond acceptors (Lipinski definition) is 6. The van der Waals surface area contributed by atoms with Crippen LogP contribution in [0.2, 0.25) is 0 Å². The first-order valence-corrected chi connectivity index (χ1v) is 12.3. The zero-order valence-corrected chi connectivity index (χ0v) is 20.2. The van der Waals surface area contributed by atoms with Gasteiger partial charge in [0.15, 0.2) is 5.82 Å². The largest absolute Gasteiger partial charge is 0.390 e. The SMILES string of the molecule is CC[C@]1(O)CC[C@](C#N)(c2ccc(NC(=O)c3cnn(-c4ccc(C5CC5)cn4)c3C)cn2)CC1. The molecule has 0 aromatic carbocycles. The van der Waals surface area contributed by atoms with E-state index in [-0.39, 0.29) is 5.91 Å². The predicted octanol–water partition coefficient (Wildman–Crippen LogP) is 4.58. The van der Waals surface area contributed by atoms with Gasteiger partial charge in [-0.2, -0.15) is 10.4 Å². The molecule has 0 unspecified atom stereocenters. The van der Waals surface area contributed by atoms with Crippen LogP contribution < -0.4 is 5.32 Å². The minimum atomic E-state index is -0.705. The molecule has 0 atom stereocenters. The molecule has 180 valence electrons. The third-order valence-corrected chi connectivity index (χ3v) is 7.71. The molecule has 1 amide bonds. The monoisotopic (exact) mass is 470 g/mol. The van der Waals surface area contributed by atoms with Crippen molar-refractivity contribution in [3.8, 4) is 11.9 Å². The van der Waals surface area contributed by atoms with Crippen LogP contribution in [0.1, 0.15) is 85.1 Å². The summed E-state index contributed by atoms with van der Waals surface area (Å²) < 4.78 is 1.67. The Kier molecular flexibility index (Phi) is 5.89. The van der Waals surface area contributed by atoms with Crippen LogP contribution >= 0.6 is 0 Å². The fraction of sp³-hybridized carbons (Fsp3) is 0.444. The van der Waals surface area contributed by atoms with Crippen molar-refractivity contribution >= 4 is 11.6 Å². The van der Waals surface area contributed by atoms with Gasteiger partial charge in [0.2, 0.25) is 0 Å². The van der Waals surface area contributed by atoms with Gasteiger partial charge in [-0.25, -0.2) is 9.67 Å². The second-order valence-electron chi connectivity index (χ2n) is 9.94. The van der Waals surface area contributed by atoms with E-state index in [9.17, 15) is 15.2 Å². The van der Waals surface area contributed by atoms with Crippen molar-refractivity contribution < 1.29 is 9.90 Å². The summed E-state index contributed by atoms with van der Waals surface area (Å²) in [5.74, 6) is 1.04. The molecule has 0 radical (unpaired) electrons. The zero-order valence-electron chi connectivity index (χ0n) is 20.2. The highest BCUT2D eigenvalue weighted by molar-refractivity contribution is 6.04. The van der Waals surface area contributed by atoms with E-state index in [2.05, 4.69) is 32.5 Å². The van der Waals surface area contributed by atoms with Crippen LogP contribution in [0.3, 0.4) is 0 Å². The quantitative estimate of drug-likeness (QED) is 0.545. The molecule has 8 heteroatoms. The molecule has 35 heavy (non-hydrogen) atoms. The molecule has 0 spiro atoms. The summed E-state index contributed by atoms with van der Waals surface area (Å²) in [6.07, 6.45) is 10.5. The molecule has 2 aliphatic carbocycles. The number of aliphatic hydroxyl groups is 1.